The Balaban J connectivity index is 1.66. The first kappa shape index (κ1) is 27.6. The van der Waals surface area contributed by atoms with Gasteiger partial charge in [-0.3, -0.25) is 25.4 Å². The van der Waals surface area contributed by atoms with Crippen molar-refractivity contribution in [3.63, 3.8) is 0 Å². The number of halogens is 4. The second-order valence-corrected chi connectivity index (χ2v) is 10.1. The van der Waals surface area contributed by atoms with Gasteiger partial charge in [0.1, 0.15) is 5.84 Å². The number of hydrogen-bond acceptors (Lipinski definition) is 5. The Morgan fingerprint density at radius 1 is 1.24 bits per heavy atom. The Morgan fingerprint density at radius 2 is 1.95 bits per heavy atom. The SMILES string of the molecule is CN(C=N)C(=N)C(F)C1(c2cccc(N(C=O)/C=C3/C(C(F)(F)F)=CC(CN4CCC4)=CN3C)c2)CCC1. The minimum Gasteiger partial charge on any atom is -0.349 e. The third-order valence-electron chi connectivity index (χ3n) is 7.64. The third-order valence-corrected chi connectivity index (χ3v) is 7.64. The Morgan fingerprint density at radius 3 is 2.47 bits per heavy atom. The van der Waals surface area contributed by atoms with Gasteiger partial charge in [-0.15, -0.1) is 0 Å². The van der Waals surface area contributed by atoms with E-state index in [0.29, 0.717) is 42.6 Å². The van der Waals surface area contributed by atoms with Crippen LogP contribution in [0.25, 0.3) is 0 Å². The summed E-state index contributed by atoms with van der Waals surface area (Å²) in [5.74, 6) is -0.343. The molecule has 38 heavy (non-hydrogen) atoms. The maximum atomic E-state index is 15.6. The zero-order valence-corrected chi connectivity index (χ0v) is 21.4. The number of anilines is 1. The monoisotopic (exact) mass is 532 g/mol. The van der Waals surface area contributed by atoms with E-state index < -0.39 is 23.3 Å². The maximum absolute atomic E-state index is 15.6. The van der Waals surface area contributed by atoms with Crippen LogP contribution in [0.3, 0.4) is 0 Å². The van der Waals surface area contributed by atoms with Crippen LogP contribution < -0.4 is 4.90 Å². The number of carbonyl (C=O) groups is 1. The molecular formula is C27H32F4N6O. The highest BCUT2D eigenvalue weighted by molar-refractivity contribution is 5.93. The number of benzene rings is 1. The molecule has 0 aromatic heterocycles. The molecule has 0 radical (unpaired) electrons. The van der Waals surface area contributed by atoms with E-state index in [1.807, 2.05) is 0 Å². The van der Waals surface area contributed by atoms with Crippen LogP contribution >= 0.6 is 0 Å². The minimum atomic E-state index is -4.64. The molecule has 11 heteroatoms. The quantitative estimate of drug-likeness (QED) is 0.208. The van der Waals surface area contributed by atoms with Gasteiger partial charge < -0.3 is 9.80 Å². The summed E-state index contributed by atoms with van der Waals surface area (Å²) in [4.78, 5) is 17.7. The standard InChI is InChI=1S/C27H32F4N6O/c1-34-14-19(15-36-10-5-11-36)12-22(27(29,30)31)23(34)16-37(18-38)21-7-3-6-20(13-21)26(8-4-9-26)24(28)25(33)35(2)17-32/h3,6-7,12-14,16-18,24,32-33H,4-5,8-11,15H2,1-2H3/b23-16-,32-17?,33-25?. The van der Waals surface area contributed by atoms with E-state index in [1.54, 1.807) is 30.5 Å². The highest BCUT2D eigenvalue weighted by Gasteiger charge is 2.49. The number of nitrogens with one attached hydrogen (secondary N) is 2. The summed E-state index contributed by atoms with van der Waals surface area (Å²) < 4.78 is 57.9. The number of carbonyl (C=O) groups excluding carboxylic acids is 1. The van der Waals surface area contributed by atoms with Gasteiger partial charge in [0.2, 0.25) is 6.41 Å². The Labute approximate surface area is 219 Å². The van der Waals surface area contributed by atoms with Crippen LogP contribution in [0.1, 0.15) is 31.2 Å². The summed E-state index contributed by atoms with van der Waals surface area (Å²) in [7, 11) is 2.95. The molecule has 1 aliphatic carbocycles. The Hall–Kier alpha value is -3.47. The molecule has 7 nitrogen and oxygen atoms in total. The number of amides is 1. The van der Waals surface area contributed by atoms with Gasteiger partial charge in [-0.05, 0) is 61.7 Å². The molecule has 2 heterocycles. The minimum absolute atomic E-state index is 0.182. The molecule has 1 amide bonds. The second-order valence-electron chi connectivity index (χ2n) is 10.1. The number of hydrogen-bond donors (Lipinski definition) is 2. The number of nitrogens with zero attached hydrogens (tertiary/aromatic N) is 4. The molecule has 1 saturated heterocycles. The van der Waals surface area contributed by atoms with Gasteiger partial charge >= 0.3 is 6.18 Å². The number of alkyl halides is 4. The van der Waals surface area contributed by atoms with Gasteiger partial charge in [-0.2, -0.15) is 13.2 Å². The van der Waals surface area contributed by atoms with Crippen molar-refractivity contribution in [2.75, 3.05) is 38.6 Å². The molecule has 2 aliphatic heterocycles. The average molecular weight is 533 g/mol. The number of likely N-dealkylation sites (tertiary alicyclic amines) is 1. The van der Waals surface area contributed by atoms with E-state index in [9.17, 15) is 18.0 Å². The fraction of sp³-hybridized carbons (Fsp3) is 0.444. The molecule has 1 aromatic carbocycles. The molecule has 0 spiro atoms. The molecule has 0 bridgehead atoms. The summed E-state index contributed by atoms with van der Waals surface area (Å²) in [6, 6.07) is 6.52. The Bertz CT molecular complexity index is 1180. The number of amidine groups is 1. The zero-order chi connectivity index (χ0) is 27.7. The highest BCUT2D eigenvalue weighted by Crippen LogP contribution is 2.49. The summed E-state index contributed by atoms with van der Waals surface area (Å²) in [5.41, 5.74) is -0.640. The maximum Gasteiger partial charge on any atom is 0.418 e. The van der Waals surface area contributed by atoms with Crippen LogP contribution in [0, 0.1) is 10.8 Å². The van der Waals surface area contributed by atoms with E-state index in [2.05, 4.69) is 4.90 Å². The molecule has 1 unspecified atom stereocenters. The van der Waals surface area contributed by atoms with Crippen LogP contribution in [0.4, 0.5) is 23.2 Å². The van der Waals surface area contributed by atoms with E-state index in [0.717, 1.165) is 54.3 Å². The first-order valence-electron chi connectivity index (χ1n) is 12.5. The van der Waals surface area contributed by atoms with Crippen molar-refractivity contribution in [2.24, 2.45) is 0 Å². The van der Waals surface area contributed by atoms with Gasteiger partial charge in [0.05, 0.1) is 17.6 Å². The third kappa shape index (κ3) is 5.24. The van der Waals surface area contributed by atoms with Gasteiger partial charge in [0.15, 0.2) is 6.17 Å². The van der Waals surface area contributed by atoms with Gasteiger partial charge in [-0.25, -0.2) is 4.39 Å². The smallest absolute Gasteiger partial charge is 0.349 e. The van der Waals surface area contributed by atoms with Crippen molar-refractivity contribution in [3.05, 3.63) is 65.1 Å². The van der Waals surface area contributed by atoms with E-state index in [-0.39, 0.29) is 11.5 Å². The molecule has 2 N–H and O–H groups in total. The van der Waals surface area contributed by atoms with Crippen molar-refractivity contribution in [1.82, 2.24) is 14.7 Å². The lowest BCUT2D eigenvalue weighted by molar-refractivity contribution is -0.107. The molecule has 1 aromatic rings. The number of rotatable bonds is 9. The molecule has 4 rings (SSSR count). The number of allylic oxidation sites excluding steroid dienone is 1. The van der Waals surface area contributed by atoms with Crippen LogP contribution in [-0.2, 0) is 10.2 Å². The molecule has 1 saturated carbocycles. The fourth-order valence-corrected chi connectivity index (χ4v) is 5.11. The van der Waals surface area contributed by atoms with Crippen LogP contribution in [-0.4, -0.2) is 79.4 Å². The van der Waals surface area contributed by atoms with Crippen LogP contribution in [0.15, 0.2) is 59.6 Å². The zero-order valence-electron chi connectivity index (χ0n) is 21.4. The predicted molar refractivity (Wildman–Crippen MR) is 139 cm³/mol. The largest absolute Gasteiger partial charge is 0.418 e. The van der Waals surface area contributed by atoms with E-state index in [4.69, 9.17) is 10.8 Å². The first-order valence-corrected chi connectivity index (χ1v) is 12.5. The van der Waals surface area contributed by atoms with E-state index in [1.165, 1.54) is 19.0 Å². The van der Waals surface area contributed by atoms with Crippen molar-refractivity contribution >= 4 is 24.3 Å². The number of likely N-dealkylation sites (N-methyl/N-ethyl adjacent to an activating group) is 1. The highest BCUT2D eigenvalue weighted by atomic mass is 19.4. The first-order chi connectivity index (χ1) is 18.0. The van der Waals surface area contributed by atoms with Crippen molar-refractivity contribution < 1.29 is 22.4 Å². The predicted octanol–water partition coefficient (Wildman–Crippen LogP) is 4.79. The van der Waals surface area contributed by atoms with Crippen LogP contribution in [0.5, 0.6) is 0 Å². The molecule has 3 aliphatic rings. The molecule has 1 atom stereocenters. The normalized spacial score (nSPS) is 21.0. The van der Waals surface area contributed by atoms with Gasteiger partial charge in [0, 0.05) is 44.1 Å². The van der Waals surface area contributed by atoms with Crippen molar-refractivity contribution in [1.29, 1.82) is 10.8 Å². The lowest BCUT2D eigenvalue weighted by Crippen LogP contribution is -2.50. The summed E-state index contributed by atoms with van der Waals surface area (Å²) in [6.07, 6.45) is 1.63. The van der Waals surface area contributed by atoms with Crippen molar-refractivity contribution in [3.8, 4) is 0 Å². The van der Waals surface area contributed by atoms with E-state index >= 15 is 4.39 Å². The summed E-state index contributed by atoms with van der Waals surface area (Å²) in [5, 5.41) is 15.5. The van der Waals surface area contributed by atoms with Gasteiger partial charge in [0.25, 0.3) is 0 Å². The summed E-state index contributed by atoms with van der Waals surface area (Å²) >= 11 is 0. The second kappa shape index (κ2) is 10.7. The molecular weight excluding hydrogens is 500 g/mol. The Kier molecular flexibility index (Phi) is 7.78. The van der Waals surface area contributed by atoms with Crippen LogP contribution in [0.2, 0.25) is 0 Å². The lowest BCUT2D eigenvalue weighted by atomic mass is 9.61. The average Bonchev–Trinajstić information content (AvgIpc) is 2.83. The molecule has 204 valence electrons. The molecule has 2 fully saturated rings. The van der Waals surface area contributed by atoms with Crippen molar-refractivity contribution in [2.45, 2.75) is 43.4 Å². The van der Waals surface area contributed by atoms with Gasteiger partial charge in [-0.1, -0.05) is 18.6 Å². The summed E-state index contributed by atoms with van der Waals surface area (Å²) in [6.45, 7) is 2.13. The fourth-order valence-electron chi connectivity index (χ4n) is 5.11. The topological polar surface area (TPSA) is 77.7 Å². The lowest BCUT2D eigenvalue weighted by Gasteiger charge is -2.45.